The SMILES string of the molecule is Nc1cc2c(cc1NC(CO)(CO)CO)NC(=O)CO2. The number of rotatable bonds is 5. The number of carbonyl (C=O) groups excluding carboxylic acids is 1. The maximum atomic E-state index is 11.3. The smallest absolute Gasteiger partial charge is 0.262 e. The van der Waals surface area contributed by atoms with Crippen LogP contribution in [0.1, 0.15) is 0 Å². The van der Waals surface area contributed by atoms with Gasteiger partial charge in [0.05, 0.1) is 36.9 Å². The number of aliphatic hydroxyl groups excluding tert-OH is 3. The summed E-state index contributed by atoms with van der Waals surface area (Å²) >= 11 is 0. The number of benzene rings is 1. The minimum absolute atomic E-state index is 0.0763. The van der Waals surface area contributed by atoms with Gasteiger partial charge in [-0.1, -0.05) is 0 Å². The molecule has 2 rings (SSSR count). The molecule has 0 radical (unpaired) electrons. The van der Waals surface area contributed by atoms with Crippen molar-refractivity contribution < 1.29 is 24.9 Å². The van der Waals surface area contributed by atoms with Crippen LogP contribution in [0.2, 0.25) is 0 Å². The van der Waals surface area contributed by atoms with E-state index in [1.807, 2.05) is 0 Å². The van der Waals surface area contributed by atoms with Gasteiger partial charge in [-0.2, -0.15) is 0 Å². The maximum Gasteiger partial charge on any atom is 0.262 e. The molecule has 1 aromatic carbocycles. The summed E-state index contributed by atoms with van der Waals surface area (Å²) in [5, 5.41) is 33.3. The Bertz CT molecular complexity index is 508. The minimum atomic E-state index is -1.30. The molecule has 1 aliphatic heterocycles. The Balaban J connectivity index is 2.33. The zero-order chi connectivity index (χ0) is 14.8. The Morgan fingerprint density at radius 3 is 2.55 bits per heavy atom. The summed E-state index contributed by atoms with van der Waals surface area (Å²) < 4.78 is 5.21. The van der Waals surface area contributed by atoms with Gasteiger partial charge in [-0.15, -0.1) is 0 Å². The van der Waals surface area contributed by atoms with Crippen molar-refractivity contribution in [2.24, 2.45) is 0 Å². The lowest BCUT2D eigenvalue weighted by molar-refractivity contribution is -0.118. The highest BCUT2D eigenvalue weighted by atomic mass is 16.5. The molecule has 1 aliphatic rings. The number of amides is 1. The maximum absolute atomic E-state index is 11.3. The first-order valence-electron chi connectivity index (χ1n) is 6.00. The molecule has 1 heterocycles. The molecular formula is C12H17N3O5. The van der Waals surface area contributed by atoms with Gasteiger partial charge in [-0.25, -0.2) is 0 Å². The van der Waals surface area contributed by atoms with Crippen molar-refractivity contribution in [3.8, 4) is 5.75 Å². The lowest BCUT2D eigenvalue weighted by atomic mass is 10.0. The fourth-order valence-electron chi connectivity index (χ4n) is 1.80. The fraction of sp³-hybridized carbons (Fsp3) is 0.417. The number of hydrogen-bond acceptors (Lipinski definition) is 7. The van der Waals surface area contributed by atoms with Crippen molar-refractivity contribution in [3.63, 3.8) is 0 Å². The normalized spacial score (nSPS) is 14.2. The molecule has 7 N–H and O–H groups in total. The predicted molar refractivity (Wildman–Crippen MR) is 72.6 cm³/mol. The van der Waals surface area contributed by atoms with Crippen molar-refractivity contribution in [1.82, 2.24) is 0 Å². The third kappa shape index (κ3) is 2.62. The second kappa shape index (κ2) is 5.53. The monoisotopic (exact) mass is 283 g/mol. The summed E-state index contributed by atoms with van der Waals surface area (Å²) in [6.07, 6.45) is 0. The van der Waals surface area contributed by atoms with Gasteiger partial charge in [-0.3, -0.25) is 4.79 Å². The van der Waals surface area contributed by atoms with Gasteiger partial charge in [0.1, 0.15) is 11.3 Å². The molecule has 1 amide bonds. The van der Waals surface area contributed by atoms with Crippen LogP contribution in [-0.2, 0) is 4.79 Å². The number of anilines is 3. The van der Waals surface area contributed by atoms with Gasteiger partial charge in [0.2, 0.25) is 0 Å². The van der Waals surface area contributed by atoms with E-state index in [1.54, 1.807) is 0 Å². The van der Waals surface area contributed by atoms with Crippen LogP contribution in [0.15, 0.2) is 12.1 Å². The van der Waals surface area contributed by atoms with E-state index in [9.17, 15) is 20.1 Å². The summed E-state index contributed by atoms with van der Waals surface area (Å²) in [7, 11) is 0. The van der Waals surface area contributed by atoms with Crippen molar-refractivity contribution in [2.45, 2.75) is 5.54 Å². The van der Waals surface area contributed by atoms with E-state index in [0.717, 1.165) is 0 Å². The van der Waals surface area contributed by atoms with Crippen LogP contribution < -0.4 is 21.1 Å². The Kier molecular flexibility index (Phi) is 3.98. The van der Waals surface area contributed by atoms with E-state index in [1.165, 1.54) is 12.1 Å². The Labute approximate surface area is 115 Å². The average molecular weight is 283 g/mol. The number of aliphatic hydroxyl groups is 3. The largest absolute Gasteiger partial charge is 0.482 e. The topological polar surface area (TPSA) is 137 Å². The fourth-order valence-corrected chi connectivity index (χ4v) is 1.80. The summed E-state index contributed by atoms with van der Waals surface area (Å²) in [4.78, 5) is 11.3. The summed E-state index contributed by atoms with van der Waals surface area (Å²) in [5.41, 5.74) is 5.65. The third-order valence-electron chi connectivity index (χ3n) is 3.09. The molecule has 0 atom stereocenters. The van der Waals surface area contributed by atoms with Gasteiger partial charge in [0.25, 0.3) is 5.91 Å². The van der Waals surface area contributed by atoms with Gasteiger partial charge in [0.15, 0.2) is 6.61 Å². The van der Waals surface area contributed by atoms with Crippen molar-refractivity contribution in [2.75, 3.05) is 42.8 Å². The van der Waals surface area contributed by atoms with Gasteiger partial charge in [-0.05, 0) is 6.07 Å². The average Bonchev–Trinajstić information content (AvgIpc) is 2.46. The molecule has 0 aromatic heterocycles. The van der Waals surface area contributed by atoms with Crippen LogP contribution >= 0.6 is 0 Å². The van der Waals surface area contributed by atoms with Crippen molar-refractivity contribution in [3.05, 3.63) is 12.1 Å². The first kappa shape index (κ1) is 14.4. The standard InChI is InChI=1S/C12H17N3O5/c13-7-1-10-9(14-11(19)3-20-10)2-8(7)15-12(4-16,5-17)6-18/h1-2,15-18H,3-6,13H2,(H,14,19). The van der Waals surface area contributed by atoms with Crippen LogP contribution in [0.25, 0.3) is 0 Å². The molecule has 0 aliphatic carbocycles. The number of nitrogens with one attached hydrogen (secondary N) is 2. The number of hydrogen-bond donors (Lipinski definition) is 6. The lowest BCUT2D eigenvalue weighted by Crippen LogP contribution is -2.49. The van der Waals surface area contributed by atoms with E-state index in [0.29, 0.717) is 22.8 Å². The quantitative estimate of drug-likeness (QED) is 0.370. The van der Waals surface area contributed by atoms with Gasteiger partial charge in [0, 0.05) is 6.07 Å². The third-order valence-corrected chi connectivity index (χ3v) is 3.09. The molecule has 8 heteroatoms. The van der Waals surface area contributed by atoms with Crippen LogP contribution in [0, 0.1) is 0 Å². The summed E-state index contributed by atoms with van der Waals surface area (Å²) in [6.45, 7) is -1.54. The van der Waals surface area contributed by atoms with Crippen molar-refractivity contribution >= 4 is 23.0 Å². The second-order valence-electron chi connectivity index (χ2n) is 4.65. The van der Waals surface area contributed by atoms with E-state index in [4.69, 9.17) is 10.5 Å². The second-order valence-corrected chi connectivity index (χ2v) is 4.65. The molecule has 0 unspecified atom stereocenters. The van der Waals surface area contributed by atoms with Crippen LogP contribution in [0.3, 0.4) is 0 Å². The molecule has 20 heavy (non-hydrogen) atoms. The number of ether oxygens (including phenoxy) is 1. The zero-order valence-electron chi connectivity index (χ0n) is 10.7. The molecule has 8 nitrogen and oxygen atoms in total. The molecule has 0 spiro atoms. The molecule has 110 valence electrons. The van der Waals surface area contributed by atoms with E-state index in [2.05, 4.69) is 10.6 Å². The lowest BCUT2D eigenvalue weighted by Gasteiger charge is -2.31. The summed E-state index contributed by atoms with van der Waals surface area (Å²) in [5.74, 6) is 0.154. The van der Waals surface area contributed by atoms with Gasteiger partial charge < -0.3 is 36.4 Å². The predicted octanol–water partition coefficient (Wildman–Crippen LogP) is -1.27. The van der Waals surface area contributed by atoms with E-state index in [-0.39, 0.29) is 12.5 Å². The number of nitrogens with two attached hydrogens (primary N) is 1. The highest BCUT2D eigenvalue weighted by Crippen LogP contribution is 2.36. The van der Waals surface area contributed by atoms with Gasteiger partial charge >= 0.3 is 0 Å². The van der Waals surface area contributed by atoms with Crippen LogP contribution in [0.4, 0.5) is 17.1 Å². The zero-order valence-corrected chi connectivity index (χ0v) is 10.7. The van der Waals surface area contributed by atoms with E-state index >= 15 is 0 Å². The minimum Gasteiger partial charge on any atom is -0.482 e. The first-order valence-corrected chi connectivity index (χ1v) is 6.00. The Morgan fingerprint density at radius 1 is 1.30 bits per heavy atom. The number of fused-ring (bicyclic) bond motifs is 1. The molecule has 0 saturated carbocycles. The molecule has 1 aromatic rings. The highest BCUT2D eigenvalue weighted by Gasteiger charge is 2.29. The Hall–Kier alpha value is -2.03. The van der Waals surface area contributed by atoms with Crippen LogP contribution in [-0.4, -0.2) is 53.2 Å². The first-order chi connectivity index (χ1) is 9.53. The number of nitrogen functional groups attached to an aromatic ring is 1. The highest BCUT2D eigenvalue weighted by molar-refractivity contribution is 5.97. The molecular weight excluding hydrogens is 266 g/mol. The number of carbonyl (C=O) groups is 1. The molecule has 0 bridgehead atoms. The summed E-state index contributed by atoms with van der Waals surface area (Å²) in [6, 6.07) is 3.05. The van der Waals surface area contributed by atoms with E-state index < -0.39 is 25.4 Å². The molecule has 0 saturated heterocycles. The Morgan fingerprint density at radius 2 is 1.95 bits per heavy atom. The van der Waals surface area contributed by atoms with Crippen LogP contribution in [0.5, 0.6) is 5.75 Å². The van der Waals surface area contributed by atoms with Crippen molar-refractivity contribution in [1.29, 1.82) is 0 Å². The molecule has 0 fully saturated rings.